The van der Waals surface area contributed by atoms with Gasteiger partial charge in [0.25, 0.3) is 0 Å². The largest absolute Gasteiger partial charge is 0.512 e. The van der Waals surface area contributed by atoms with Crippen molar-refractivity contribution in [2.75, 3.05) is 34.4 Å². The van der Waals surface area contributed by atoms with Crippen LogP contribution in [0.5, 0.6) is 46.0 Å². The molecular formula is C52H48N6O10SSi. The Morgan fingerprint density at radius 2 is 0.743 bits per heavy atom. The molecule has 0 bridgehead atoms. The number of phenolic OH excluding ortho intramolecular Hbond substituents is 2. The van der Waals surface area contributed by atoms with Gasteiger partial charge in [-0.3, -0.25) is 9.59 Å². The standard InChI is InChI=1S/C24H20N2O4S.C14H10N2O4.C14H18N2O2Si/c25-17-3-1-5-21(15-17)29-19-7-11-23(12-8-19)31(27,28)24-13-9-20(10-14-24)30-22-6-2-4-18(26)16-22;15-5-1-3-7(17)11-9(5)13(19)10-6(16)2-4-8(18)12(10)14(11)20;1-19(2,17-13-7-3-11(15)4-8-13)18-14-9-5-12(16)6-10-14/h1-16H,25-26H2;1-4,17-18H,15-16H2;3-10H,15-16H2,1-2H3. The lowest BCUT2D eigenvalue weighted by atomic mass is 9.81. The number of hydrogen-bond donors (Lipinski definition) is 8. The molecule has 9 rings (SSSR count). The number of carbonyl (C=O) groups excluding carboxylic acids is 2. The van der Waals surface area contributed by atoms with Gasteiger partial charge >= 0.3 is 8.56 Å². The van der Waals surface area contributed by atoms with Crippen molar-refractivity contribution in [2.24, 2.45) is 0 Å². The van der Waals surface area contributed by atoms with Crippen molar-refractivity contribution in [3.05, 3.63) is 192 Å². The van der Waals surface area contributed by atoms with Crippen molar-refractivity contribution in [3.63, 3.8) is 0 Å². The summed E-state index contributed by atoms with van der Waals surface area (Å²) in [5.74, 6) is 1.71. The van der Waals surface area contributed by atoms with Crippen molar-refractivity contribution in [1.82, 2.24) is 0 Å². The van der Waals surface area contributed by atoms with Crippen LogP contribution < -0.4 is 52.7 Å². The molecule has 18 heteroatoms. The molecule has 0 fully saturated rings. The molecule has 0 atom stereocenters. The van der Waals surface area contributed by atoms with Gasteiger partial charge in [-0.15, -0.1) is 0 Å². The maximum absolute atomic E-state index is 12.9. The van der Waals surface area contributed by atoms with Crippen LogP contribution in [0.4, 0.5) is 34.1 Å². The lowest BCUT2D eigenvalue weighted by molar-refractivity contribution is 0.0975. The molecule has 14 N–H and O–H groups in total. The number of sulfone groups is 1. The molecule has 0 amide bonds. The van der Waals surface area contributed by atoms with E-state index < -0.39 is 30.0 Å². The van der Waals surface area contributed by atoms with Crippen LogP contribution in [0.3, 0.4) is 0 Å². The highest BCUT2D eigenvalue weighted by atomic mass is 32.2. The van der Waals surface area contributed by atoms with Crippen molar-refractivity contribution in [1.29, 1.82) is 0 Å². The minimum absolute atomic E-state index is 0.0737. The quantitative estimate of drug-likeness (QED) is 0.0359. The number of benzene rings is 8. The normalized spacial score (nSPS) is 11.6. The van der Waals surface area contributed by atoms with Gasteiger partial charge in [0, 0.05) is 59.4 Å². The molecular weight excluding hydrogens is 929 g/mol. The number of rotatable bonds is 10. The first-order valence-corrected chi connectivity index (χ1v) is 25.5. The minimum atomic E-state index is -3.68. The summed E-state index contributed by atoms with van der Waals surface area (Å²) in [5.41, 5.74) is 36.4. The molecule has 8 aromatic rings. The molecule has 0 aliphatic heterocycles. The van der Waals surface area contributed by atoms with Gasteiger partial charge in [0.05, 0.1) is 32.0 Å². The Morgan fingerprint density at radius 1 is 0.400 bits per heavy atom. The van der Waals surface area contributed by atoms with Crippen LogP contribution in [0.25, 0.3) is 0 Å². The SMILES string of the molecule is C[Si](C)(Oc1ccc(N)cc1)Oc1ccc(N)cc1.Nc1ccc(O)c2c1C(=O)c1c(N)ccc(O)c1C2=O.Nc1cccc(Oc2ccc(S(=O)(=O)c3ccc(Oc4cccc(N)c4)cc3)cc2)c1. The molecule has 1 aliphatic rings. The second-order valence-electron chi connectivity index (χ2n) is 16.0. The summed E-state index contributed by atoms with van der Waals surface area (Å²) < 4.78 is 49.2. The van der Waals surface area contributed by atoms with Gasteiger partial charge in [-0.2, -0.15) is 0 Å². The van der Waals surface area contributed by atoms with E-state index in [1.165, 1.54) is 48.5 Å². The smallest absolute Gasteiger partial charge is 0.454 e. The van der Waals surface area contributed by atoms with E-state index in [0.717, 1.165) is 11.5 Å². The Labute approximate surface area is 404 Å². The highest BCUT2D eigenvalue weighted by Gasteiger charge is 2.37. The van der Waals surface area contributed by atoms with E-state index in [1.807, 2.05) is 61.6 Å². The van der Waals surface area contributed by atoms with Gasteiger partial charge in [0.2, 0.25) is 15.6 Å². The number of aromatic hydroxyl groups is 2. The van der Waals surface area contributed by atoms with E-state index in [4.69, 9.17) is 52.7 Å². The van der Waals surface area contributed by atoms with E-state index in [9.17, 15) is 28.2 Å². The molecule has 0 unspecified atom stereocenters. The predicted octanol–water partition coefficient (Wildman–Crippen LogP) is 9.32. The average molecular weight is 977 g/mol. The lowest BCUT2D eigenvalue weighted by Gasteiger charge is -2.24. The fourth-order valence-corrected chi connectivity index (χ4v) is 9.72. The Balaban J connectivity index is 0.000000162. The second-order valence-corrected chi connectivity index (χ2v) is 21.2. The van der Waals surface area contributed by atoms with Gasteiger partial charge in [0.1, 0.15) is 46.0 Å². The summed E-state index contributed by atoms with van der Waals surface area (Å²) in [6.45, 7) is 3.97. The van der Waals surface area contributed by atoms with Crippen molar-refractivity contribution >= 4 is 64.1 Å². The number of nitrogens with two attached hydrogens (primary N) is 6. The molecule has 0 aromatic heterocycles. The van der Waals surface area contributed by atoms with Crippen LogP contribution in [0.2, 0.25) is 13.1 Å². The first kappa shape index (κ1) is 48.8. The number of anilines is 6. The summed E-state index contributed by atoms with van der Waals surface area (Å²) in [6, 6.07) is 46.2. The first-order chi connectivity index (χ1) is 33.3. The Bertz CT molecular complexity index is 3040. The third-order valence-electron chi connectivity index (χ3n) is 10.3. The molecule has 70 heavy (non-hydrogen) atoms. The van der Waals surface area contributed by atoms with Crippen molar-refractivity contribution < 1.29 is 46.5 Å². The number of ether oxygens (including phenoxy) is 2. The van der Waals surface area contributed by atoms with E-state index in [1.54, 1.807) is 72.8 Å². The lowest BCUT2D eigenvalue weighted by Crippen LogP contribution is -2.41. The fourth-order valence-electron chi connectivity index (χ4n) is 7.01. The highest BCUT2D eigenvalue weighted by Crippen LogP contribution is 2.41. The number of ketones is 2. The first-order valence-electron chi connectivity index (χ1n) is 21.2. The number of nitrogen functional groups attached to an aromatic ring is 6. The average Bonchev–Trinajstić information content (AvgIpc) is 3.32. The van der Waals surface area contributed by atoms with Crippen molar-refractivity contribution in [3.8, 4) is 46.0 Å². The zero-order chi connectivity index (χ0) is 50.3. The van der Waals surface area contributed by atoms with Gasteiger partial charge in [-0.1, -0.05) is 12.1 Å². The maximum Gasteiger partial charge on any atom is 0.454 e. The second kappa shape index (κ2) is 20.4. The number of hydrogen-bond acceptors (Lipinski definition) is 16. The monoisotopic (exact) mass is 976 g/mol. The summed E-state index contributed by atoms with van der Waals surface area (Å²) in [7, 11) is -5.98. The molecule has 0 spiro atoms. The van der Waals surface area contributed by atoms with Gasteiger partial charge in [-0.25, -0.2) is 8.42 Å². The molecule has 0 saturated heterocycles. The third-order valence-corrected chi connectivity index (χ3v) is 13.5. The Kier molecular flexibility index (Phi) is 14.2. The molecule has 0 saturated carbocycles. The topological polar surface area (TPSA) is 302 Å². The summed E-state index contributed by atoms with van der Waals surface area (Å²) in [5, 5.41) is 19.6. The molecule has 0 heterocycles. The molecule has 356 valence electrons. The molecule has 16 nitrogen and oxygen atoms in total. The third kappa shape index (κ3) is 11.5. The minimum Gasteiger partial charge on any atom is -0.512 e. The van der Waals surface area contributed by atoms with Crippen molar-refractivity contribution in [2.45, 2.75) is 22.9 Å². The van der Waals surface area contributed by atoms with Crippen LogP contribution in [0.15, 0.2) is 180 Å². The Hall–Kier alpha value is -9.13. The van der Waals surface area contributed by atoms with E-state index >= 15 is 0 Å². The number of fused-ring (bicyclic) bond motifs is 2. The summed E-state index contributed by atoms with van der Waals surface area (Å²) >= 11 is 0. The van der Waals surface area contributed by atoms with E-state index in [-0.39, 0.29) is 54.9 Å². The van der Waals surface area contributed by atoms with Crippen LogP contribution in [-0.4, -0.2) is 38.8 Å². The molecule has 8 aromatic carbocycles. The highest BCUT2D eigenvalue weighted by molar-refractivity contribution is 7.91. The van der Waals surface area contributed by atoms with Gasteiger partial charge in [-0.05, 0) is 146 Å². The zero-order valence-corrected chi connectivity index (χ0v) is 39.5. The summed E-state index contributed by atoms with van der Waals surface area (Å²) in [6.07, 6.45) is 0. The predicted molar refractivity (Wildman–Crippen MR) is 273 cm³/mol. The zero-order valence-electron chi connectivity index (χ0n) is 37.7. The molecule has 0 radical (unpaired) electrons. The van der Waals surface area contributed by atoms with Crippen LogP contribution in [-0.2, 0) is 9.84 Å². The van der Waals surface area contributed by atoms with Crippen LogP contribution in [0, 0.1) is 0 Å². The van der Waals surface area contributed by atoms with Gasteiger partial charge < -0.3 is 62.9 Å². The van der Waals surface area contributed by atoms with Crippen LogP contribution in [0.1, 0.15) is 31.8 Å². The Morgan fingerprint density at radius 3 is 1.10 bits per heavy atom. The fraction of sp³-hybridized carbons (Fsp3) is 0.0385. The van der Waals surface area contributed by atoms with E-state index in [2.05, 4.69) is 0 Å². The number of phenols is 2. The maximum atomic E-state index is 12.9. The number of carbonyl (C=O) groups is 2. The van der Waals surface area contributed by atoms with Crippen LogP contribution >= 0.6 is 0 Å². The van der Waals surface area contributed by atoms with Gasteiger partial charge in [0.15, 0.2) is 5.78 Å². The molecule has 1 aliphatic carbocycles. The van der Waals surface area contributed by atoms with E-state index in [0.29, 0.717) is 45.7 Å². The summed E-state index contributed by atoms with van der Waals surface area (Å²) in [4.78, 5) is 25.2.